The highest BCUT2D eigenvalue weighted by atomic mass is 16.5. The molecule has 0 radical (unpaired) electrons. The van der Waals surface area contributed by atoms with Crippen molar-refractivity contribution < 1.29 is 19.0 Å². The van der Waals surface area contributed by atoms with Crippen LogP contribution in [0, 0.1) is 0 Å². The van der Waals surface area contributed by atoms with Crippen LogP contribution in [0.3, 0.4) is 0 Å². The van der Waals surface area contributed by atoms with Crippen LogP contribution >= 0.6 is 0 Å². The largest absolute Gasteiger partial charge is 0.493 e. The average Bonchev–Trinajstić information content (AvgIpc) is 2.78. The minimum atomic E-state index is -0.0924. The van der Waals surface area contributed by atoms with Crippen molar-refractivity contribution in [1.29, 1.82) is 0 Å². The number of nitrogens with one attached hydrogen (secondary N) is 1. The lowest BCUT2D eigenvalue weighted by molar-refractivity contribution is -0.117. The molecule has 160 valence electrons. The van der Waals surface area contributed by atoms with Gasteiger partial charge in [0.1, 0.15) is 0 Å². The van der Waals surface area contributed by atoms with Gasteiger partial charge in [-0.2, -0.15) is 0 Å². The van der Waals surface area contributed by atoms with Gasteiger partial charge in [0.15, 0.2) is 11.5 Å². The Bertz CT molecular complexity index is 834. The minimum absolute atomic E-state index is 0.0924. The van der Waals surface area contributed by atoms with Crippen LogP contribution in [-0.2, 0) is 11.3 Å². The molecule has 1 fully saturated rings. The average molecular weight is 411 g/mol. The summed E-state index contributed by atoms with van der Waals surface area (Å²) in [5, 5.41) is 3.11. The number of hydrogen-bond acceptors (Lipinski definition) is 5. The molecule has 0 aromatic heterocycles. The van der Waals surface area contributed by atoms with Crippen molar-refractivity contribution in [2.75, 3.05) is 34.4 Å². The van der Waals surface area contributed by atoms with Crippen molar-refractivity contribution in [3.05, 3.63) is 59.7 Å². The molecule has 2 aromatic carbocycles. The Labute approximate surface area is 178 Å². The number of carbonyl (C=O) groups excluding carboxylic acids is 1. The first-order valence-corrected chi connectivity index (χ1v) is 10.2. The molecule has 0 unspecified atom stereocenters. The van der Waals surface area contributed by atoms with Gasteiger partial charge in [0.2, 0.25) is 11.7 Å². The van der Waals surface area contributed by atoms with Crippen LogP contribution in [0.2, 0.25) is 0 Å². The molecule has 1 aliphatic rings. The maximum absolute atomic E-state index is 12.4. The molecule has 1 saturated heterocycles. The summed E-state index contributed by atoms with van der Waals surface area (Å²) in [5.41, 5.74) is 2.13. The maximum atomic E-state index is 12.4. The first-order valence-electron chi connectivity index (χ1n) is 10.2. The second-order valence-electron chi connectivity index (χ2n) is 7.34. The molecule has 1 N–H and O–H groups in total. The predicted molar refractivity (Wildman–Crippen MR) is 118 cm³/mol. The summed E-state index contributed by atoms with van der Waals surface area (Å²) in [6.07, 6.45) is 5.22. The van der Waals surface area contributed by atoms with Crippen LogP contribution < -0.4 is 19.5 Å². The van der Waals surface area contributed by atoms with Gasteiger partial charge in [0.05, 0.1) is 21.3 Å². The van der Waals surface area contributed by atoms with Gasteiger partial charge in [-0.05, 0) is 42.2 Å². The van der Waals surface area contributed by atoms with E-state index in [1.165, 1.54) is 5.56 Å². The number of nitrogens with zero attached hydrogens (tertiary/aromatic N) is 1. The normalized spacial score (nSPS) is 15.2. The smallest absolute Gasteiger partial charge is 0.244 e. The highest BCUT2D eigenvalue weighted by molar-refractivity contribution is 5.92. The number of hydrogen-bond donors (Lipinski definition) is 1. The standard InChI is InChI=1S/C24H30N2O4/c1-28-21-15-19(16-22(29-2)24(21)30-3)9-10-23(27)25-20-11-13-26(14-12-20)17-18-7-5-4-6-8-18/h4-10,15-16,20H,11-14,17H2,1-3H3,(H,25,27)/b10-9+. The second-order valence-corrected chi connectivity index (χ2v) is 7.34. The van der Waals surface area contributed by atoms with Crippen molar-refractivity contribution in [3.63, 3.8) is 0 Å². The van der Waals surface area contributed by atoms with Gasteiger partial charge in [-0.1, -0.05) is 30.3 Å². The zero-order valence-corrected chi connectivity index (χ0v) is 17.9. The summed E-state index contributed by atoms with van der Waals surface area (Å²) >= 11 is 0. The molecule has 30 heavy (non-hydrogen) atoms. The lowest BCUT2D eigenvalue weighted by atomic mass is 10.0. The molecule has 0 bridgehead atoms. The van der Waals surface area contributed by atoms with Gasteiger partial charge in [0, 0.05) is 31.8 Å². The van der Waals surface area contributed by atoms with Gasteiger partial charge in [-0.25, -0.2) is 0 Å². The Morgan fingerprint density at radius 2 is 1.67 bits per heavy atom. The van der Waals surface area contributed by atoms with Gasteiger partial charge >= 0.3 is 0 Å². The van der Waals surface area contributed by atoms with E-state index in [0.717, 1.165) is 38.0 Å². The Balaban J connectivity index is 1.52. The van der Waals surface area contributed by atoms with Gasteiger partial charge in [-0.3, -0.25) is 9.69 Å². The number of carbonyl (C=O) groups is 1. The van der Waals surface area contributed by atoms with Gasteiger partial charge in [0.25, 0.3) is 0 Å². The Morgan fingerprint density at radius 3 is 2.23 bits per heavy atom. The number of methoxy groups -OCH3 is 3. The number of benzene rings is 2. The molecule has 0 atom stereocenters. The summed E-state index contributed by atoms with van der Waals surface area (Å²) in [6.45, 7) is 2.93. The monoisotopic (exact) mass is 410 g/mol. The topological polar surface area (TPSA) is 60.0 Å². The first kappa shape index (κ1) is 21.7. The van der Waals surface area contributed by atoms with E-state index in [-0.39, 0.29) is 11.9 Å². The third kappa shape index (κ3) is 5.76. The fourth-order valence-electron chi connectivity index (χ4n) is 3.70. The predicted octanol–water partition coefficient (Wildman–Crippen LogP) is 3.51. The highest BCUT2D eigenvalue weighted by Crippen LogP contribution is 2.38. The van der Waals surface area contributed by atoms with Crippen LogP contribution in [0.5, 0.6) is 17.2 Å². The Morgan fingerprint density at radius 1 is 1.03 bits per heavy atom. The van der Waals surface area contributed by atoms with E-state index in [4.69, 9.17) is 14.2 Å². The maximum Gasteiger partial charge on any atom is 0.244 e. The molecule has 2 aromatic rings. The summed E-state index contributed by atoms with van der Waals surface area (Å²) in [5.74, 6) is 1.56. The van der Waals surface area contributed by atoms with Crippen LogP contribution in [0.15, 0.2) is 48.5 Å². The van der Waals surface area contributed by atoms with Crippen molar-refractivity contribution >= 4 is 12.0 Å². The van der Waals surface area contributed by atoms with Crippen molar-refractivity contribution in [2.45, 2.75) is 25.4 Å². The van der Waals surface area contributed by atoms with Crippen LogP contribution in [0.25, 0.3) is 6.08 Å². The zero-order chi connectivity index (χ0) is 21.3. The number of likely N-dealkylation sites (tertiary alicyclic amines) is 1. The van der Waals surface area contributed by atoms with E-state index in [1.807, 2.05) is 18.2 Å². The van der Waals surface area contributed by atoms with E-state index >= 15 is 0 Å². The number of amides is 1. The SMILES string of the molecule is COc1cc(/C=C/C(=O)NC2CCN(Cc3ccccc3)CC2)cc(OC)c1OC. The fourth-order valence-corrected chi connectivity index (χ4v) is 3.70. The number of piperidine rings is 1. The molecule has 0 spiro atoms. The molecule has 6 nitrogen and oxygen atoms in total. The summed E-state index contributed by atoms with van der Waals surface area (Å²) in [6, 6.07) is 14.3. The minimum Gasteiger partial charge on any atom is -0.493 e. The molecule has 0 aliphatic carbocycles. The third-order valence-corrected chi connectivity index (χ3v) is 5.30. The summed E-state index contributed by atoms with van der Waals surface area (Å²) in [7, 11) is 4.71. The lowest BCUT2D eigenvalue weighted by Gasteiger charge is -2.32. The van der Waals surface area contributed by atoms with E-state index in [2.05, 4.69) is 34.5 Å². The molecule has 1 aliphatic heterocycles. The van der Waals surface area contributed by atoms with E-state index < -0.39 is 0 Å². The van der Waals surface area contributed by atoms with Gasteiger partial charge < -0.3 is 19.5 Å². The third-order valence-electron chi connectivity index (χ3n) is 5.30. The fraction of sp³-hybridized carbons (Fsp3) is 0.375. The van der Waals surface area contributed by atoms with E-state index in [1.54, 1.807) is 33.5 Å². The summed E-state index contributed by atoms with van der Waals surface area (Å²) in [4.78, 5) is 14.8. The van der Waals surface area contributed by atoms with Crippen LogP contribution in [-0.4, -0.2) is 51.3 Å². The number of ether oxygens (including phenoxy) is 3. The van der Waals surface area contributed by atoms with Crippen molar-refractivity contribution in [1.82, 2.24) is 10.2 Å². The zero-order valence-electron chi connectivity index (χ0n) is 17.9. The molecule has 3 rings (SSSR count). The van der Waals surface area contributed by atoms with E-state index in [0.29, 0.717) is 17.2 Å². The highest BCUT2D eigenvalue weighted by Gasteiger charge is 2.20. The molecule has 1 heterocycles. The molecular formula is C24H30N2O4. The molecule has 0 saturated carbocycles. The summed E-state index contributed by atoms with van der Waals surface area (Å²) < 4.78 is 16.0. The Kier molecular flexibility index (Phi) is 7.74. The quantitative estimate of drug-likeness (QED) is 0.675. The lowest BCUT2D eigenvalue weighted by Crippen LogP contribution is -2.43. The van der Waals surface area contributed by atoms with Crippen molar-refractivity contribution in [2.24, 2.45) is 0 Å². The second kappa shape index (κ2) is 10.7. The van der Waals surface area contributed by atoms with Gasteiger partial charge in [-0.15, -0.1) is 0 Å². The Hall–Kier alpha value is -2.99. The van der Waals surface area contributed by atoms with Crippen LogP contribution in [0.4, 0.5) is 0 Å². The number of rotatable bonds is 8. The van der Waals surface area contributed by atoms with E-state index in [9.17, 15) is 4.79 Å². The molecular weight excluding hydrogens is 380 g/mol. The molecule has 6 heteroatoms. The molecule has 1 amide bonds. The van der Waals surface area contributed by atoms with Crippen LogP contribution in [0.1, 0.15) is 24.0 Å². The van der Waals surface area contributed by atoms with Crippen molar-refractivity contribution in [3.8, 4) is 17.2 Å². The first-order chi connectivity index (χ1) is 14.6.